The molecule has 0 aromatic heterocycles. The van der Waals surface area contributed by atoms with Crippen LogP contribution in [0.2, 0.25) is 0 Å². The molecule has 0 aromatic carbocycles. The fraction of sp³-hybridized carbons (Fsp3) is 0.800. The van der Waals surface area contributed by atoms with E-state index in [1.54, 1.807) is 0 Å². The van der Waals surface area contributed by atoms with Gasteiger partial charge in [-0.25, -0.2) is 0 Å². The standard InChI is InChI=1S/C5H10BrNO/c1-2-3-4(6)5(7)8/h4H,2-3H2,1H3,(H2,7,8). The third-order valence-corrected chi connectivity index (χ3v) is 1.76. The van der Waals surface area contributed by atoms with Crippen LogP contribution < -0.4 is 5.73 Å². The van der Waals surface area contributed by atoms with Gasteiger partial charge in [-0.2, -0.15) is 0 Å². The van der Waals surface area contributed by atoms with Crippen molar-refractivity contribution < 1.29 is 4.79 Å². The predicted molar refractivity (Wildman–Crippen MR) is 36.8 cm³/mol. The monoisotopic (exact) mass is 179 g/mol. The average Bonchev–Trinajstić information content (AvgIpc) is 1.67. The third kappa shape index (κ3) is 3.02. The van der Waals surface area contributed by atoms with Gasteiger partial charge in [0.1, 0.15) is 0 Å². The van der Waals surface area contributed by atoms with Crippen molar-refractivity contribution in [3.05, 3.63) is 0 Å². The van der Waals surface area contributed by atoms with Crippen LogP contribution in [0.5, 0.6) is 0 Å². The van der Waals surface area contributed by atoms with Crippen LogP contribution in [-0.2, 0) is 4.79 Å². The first-order valence-corrected chi connectivity index (χ1v) is 3.53. The van der Waals surface area contributed by atoms with E-state index in [0.29, 0.717) is 0 Å². The highest BCUT2D eigenvalue weighted by Crippen LogP contribution is 2.05. The Morgan fingerprint density at radius 2 is 2.38 bits per heavy atom. The van der Waals surface area contributed by atoms with E-state index in [0.717, 1.165) is 12.8 Å². The molecule has 0 saturated carbocycles. The Bertz CT molecular complexity index is 84.5. The second-order valence-corrected chi connectivity index (χ2v) is 2.76. The van der Waals surface area contributed by atoms with Crippen LogP contribution in [0.4, 0.5) is 0 Å². The molecule has 0 aromatic rings. The fourth-order valence-corrected chi connectivity index (χ4v) is 0.854. The van der Waals surface area contributed by atoms with Gasteiger partial charge in [0, 0.05) is 0 Å². The average molecular weight is 180 g/mol. The maximum atomic E-state index is 10.3. The van der Waals surface area contributed by atoms with Crippen molar-refractivity contribution in [1.29, 1.82) is 0 Å². The number of alkyl halides is 1. The molecule has 0 saturated heterocycles. The Morgan fingerprint density at radius 1 is 1.88 bits per heavy atom. The highest BCUT2D eigenvalue weighted by Gasteiger charge is 2.07. The molecule has 0 fully saturated rings. The molecule has 0 spiro atoms. The summed E-state index contributed by atoms with van der Waals surface area (Å²) in [7, 11) is 0. The number of hydrogen-bond donors (Lipinski definition) is 1. The van der Waals surface area contributed by atoms with E-state index in [1.807, 2.05) is 6.92 Å². The number of nitrogens with two attached hydrogens (primary N) is 1. The van der Waals surface area contributed by atoms with Crippen LogP contribution >= 0.6 is 15.9 Å². The number of carbonyl (C=O) groups is 1. The smallest absolute Gasteiger partial charge is 0.231 e. The van der Waals surface area contributed by atoms with Gasteiger partial charge in [-0.1, -0.05) is 29.3 Å². The van der Waals surface area contributed by atoms with Crippen LogP contribution in [0.15, 0.2) is 0 Å². The molecule has 0 aliphatic carbocycles. The molecule has 1 unspecified atom stereocenters. The van der Waals surface area contributed by atoms with E-state index >= 15 is 0 Å². The predicted octanol–water partition coefficient (Wildman–Crippen LogP) is 1.04. The Balaban J connectivity index is 3.32. The highest BCUT2D eigenvalue weighted by molar-refractivity contribution is 9.10. The van der Waals surface area contributed by atoms with Crippen molar-refractivity contribution in [1.82, 2.24) is 0 Å². The number of amides is 1. The maximum Gasteiger partial charge on any atom is 0.231 e. The van der Waals surface area contributed by atoms with Gasteiger partial charge in [0.2, 0.25) is 5.91 Å². The SMILES string of the molecule is CCCC(Br)C(N)=O. The molecular formula is C5H10BrNO. The zero-order chi connectivity index (χ0) is 6.57. The molecular weight excluding hydrogens is 170 g/mol. The normalized spacial score (nSPS) is 13.2. The van der Waals surface area contributed by atoms with Gasteiger partial charge < -0.3 is 5.73 Å². The lowest BCUT2D eigenvalue weighted by molar-refractivity contribution is -0.117. The van der Waals surface area contributed by atoms with E-state index in [1.165, 1.54) is 0 Å². The molecule has 0 bridgehead atoms. The van der Waals surface area contributed by atoms with Gasteiger partial charge in [-0.15, -0.1) is 0 Å². The summed E-state index contributed by atoms with van der Waals surface area (Å²) in [6, 6.07) is 0. The first-order chi connectivity index (χ1) is 3.68. The molecule has 8 heavy (non-hydrogen) atoms. The highest BCUT2D eigenvalue weighted by atomic mass is 79.9. The summed E-state index contributed by atoms with van der Waals surface area (Å²) in [5.74, 6) is -0.271. The van der Waals surface area contributed by atoms with Crippen molar-refractivity contribution >= 4 is 21.8 Å². The lowest BCUT2D eigenvalue weighted by atomic mass is 10.2. The summed E-state index contributed by atoms with van der Waals surface area (Å²) in [6.07, 6.45) is 1.81. The van der Waals surface area contributed by atoms with Gasteiger partial charge in [-0.3, -0.25) is 4.79 Å². The fourth-order valence-electron chi connectivity index (χ4n) is 0.396. The van der Waals surface area contributed by atoms with Gasteiger partial charge in [0.15, 0.2) is 0 Å². The van der Waals surface area contributed by atoms with Crippen molar-refractivity contribution in [3.63, 3.8) is 0 Å². The first kappa shape index (κ1) is 7.95. The van der Waals surface area contributed by atoms with Crippen LogP contribution in [0.1, 0.15) is 19.8 Å². The molecule has 2 nitrogen and oxygen atoms in total. The lowest BCUT2D eigenvalue weighted by Crippen LogP contribution is -2.22. The Morgan fingerprint density at radius 3 is 2.50 bits per heavy atom. The second kappa shape index (κ2) is 3.89. The van der Waals surface area contributed by atoms with Crippen LogP contribution in [-0.4, -0.2) is 10.7 Å². The molecule has 2 N–H and O–H groups in total. The topological polar surface area (TPSA) is 43.1 Å². The van der Waals surface area contributed by atoms with Crippen molar-refractivity contribution in [2.24, 2.45) is 5.73 Å². The summed E-state index contributed by atoms with van der Waals surface area (Å²) >= 11 is 3.13. The molecule has 1 amide bonds. The van der Waals surface area contributed by atoms with Gasteiger partial charge in [-0.05, 0) is 6.42 Å². The largest absolute Gasteiger partial charge is 0.369 e. The number of carbonyl (C=O) groups excluding carboxylic acids is 1. The number of halogens is 1. The van der Waals surface area contributed by atoms with Gasteiger partial charge >= 0.3 is 0 Å². The van der Waals surface area contributed by atoms with E-state index in [-0.39, 0.29) is 10.7 Å². The second-order valence-electron chi connectivity index (χ2n) is 1.66. The Kier molecular flexibility index (Phi) is 3.87. The molecule has 0 aliphatic heterocycles. The summed E-state index contributed by atoms with van der Waals surface area (Å²) < 4.78 is 0. The Hall–Kier alpha value is -0.0500. The molecule has 0 rings (SSSR count). The number of rotatable bonds is 3. The van der Waals surface area contributed by atoms with E-state index in [4.69, 9.17) is 5.73 Å². The lowest BCUT2D eigenvalue weighted by Gasteiger charge is -1.99. The van der Waals surface area contributed by atoms with Gasteiger partial charge in [0.05, 0.1) is 4.83 Å². The summed E-state index contributed by atoms with van der Waals surface area (Å²) in [5.41, 5.74) is 4.94. The molecule has 1 atom stereocenters. The zero-order valence-electron chi connectivity index (χ0n) is 4.86. The number of hydrogen-bond acceptors (Lipinski definition) is 1. The van der Waals surface area contributed by atoms with E-state index in [9.17, 15) is 4.79 Å². The molecule has 0 radical (unpaired) electrons. The molecule has 0 heterocycles. The minimum atomic E-state index is -0.271. The molecule has 3 heteroatoms. The third-order valence-electron chi connectivity index (χ3n) is 0.851. The minimum Gasteiger partial charge on any atom is -0.369 e. The summed E-state index contributed by atoms with van der Waals surface area (Å²) in [5, 5.41) is 0. The first-order valence-electron chi connectivity index (χ1n) is 2.62. The van der Waals surface area contributed by atoms with E-state index < -0.39 is 0 Å². The molecule has 0 aliphatic rings. The minimum absolute atomic E-state index is 0.132. The van der Waals surface area contributed by atoms with Crippen molar-refractivity contribution in [2.75, 3.05) is 0 Å². The van der Waals surface area contributed by atoms with Crippen LogP contribution in [0.25, 0.3) is 0 Å². The summed E-state index contributed by atoms with van der Waals surface area (Å²) in [4.78, 5) is 10.1. The quantitative estimate of drug-likeness (QED) is 0.647. The molecule has 48 valence electrons. The maximum absolute atomic E-state index is 10.3. The van der Waals surface area contributed by atoms with Crippen molar-refractivity contribution in [2.45, 2.75) is 24.6 Å². The number of primary amides is 1. The van der Waals surface area contributed by atoms with Crippen LogP contribution in [0.3, 0.4) is 0 Å². The zero-order valence-corrected chi connectivity index (χ0v) is 6.44. The summed E-state index contributed by atoms with van der Waals surface area (Å²) in [6.45, 7) is 2.01. The van der Waals surface area contributed by atoms with Crippen LogP contribution in [0, 0.1) is 0 Å². The Labute approximate surface area is 57.6 Å². The van der Waals surface area contributed by atoms with Gasteiger partial charge in [0.25, 0.3) is 0 Å². The van der Waals surface area contributed by atoms with Crippen molar-refractivity contribution in [3.8, 4) is 0 Å². The van der Waals surface area contributed by atoms with E-state index in [2.05, 4.69) is 15.9 Å².